The van der Waals surface area contributed by atoms with E-state index >= 15 is 0 Å². The number of benzene rings is 2. The van der Waals surface area contributed by atoms with Crippen molar-refractivity contribution in [3.63, 3.8) is 0 Å². The summed E-state index contributed by atoms with van der Waals surface area (Å²) in [5.74, 6) is -1.53. The van der Waals surface area contributed by atoms with Crippen LogP contribution in [0.15, 0.2) is 70.7 Å². The zero-order chi connectivity index (χ0) is 20.1. The molecule has 0 fully saturated rings. The Kier molecular flexibility index (Phi) is 5.97. The van der Waals surface area contributed by atoms with Crippen LogP contribution in [0.1, 0.15) is 36.3 Å². The Balaban J connectivity index is 2.23. The van der Waals surface area contributed by atoms with E-state index in [1.54, 1.807) is 6.92 Å². The molecule has 5 heteroatoms. The normalized spacial score (nSPS) is 20.4. The van der Waals surface area contributed by atoms with Gasteiger partial charge in [0.2, 0.25) is 0 Å². The number of hydrogen-bond donors (Lipinski definition) is 0. The van der Waals surface area contributed by atoms with Crippen molar-refractivity contribution >= 4 is 21.9 Å². The van der Waals surface area contributed by atoms with Gasteiger partial charge in [-0.05, 0) is 36.6 Å². The topological polar surface area (TPSA) is 73.9 Å². The van der Waals surface area contributed by atoms with Gasteiger partial charge in [0, 0.05) is 21.9 Å². The number of nitriles is 2. The quantitative estimate of drug-likeness (QED) is 0.616. The molecule has 0 aromatic heterocycles. The van der Waals surface area contributed by atoms with Crippen molar-refractivity contribution in [3.05, 3.63) is 81.8 Å². The molecule has 0 radical (unpaired) electrons. The Morgan fingerprint density at radius 3 is 2.32 bits per heavy atom. The minimum atomic E-state index is -1.42. The molecule has 4 nitrogen and oxygen atoms in total. The van der Waals surface area contributed by atoms with Gasteiger partial charge in [-0.2, -0.15) is 10.5 Å². The molecule has 0 saturated heterocycles. The second-order valence-corrected chi connectivity index (χ2v) is 7.57. The number of rotatable bonds is 4. The molecule has 0 spiro atoms. The lowest BCUT2D eigenvalue weighted by Gasteiger charge is -2.40. The molecule has 1 aliphatic carbocycles. The van der Waals surface area contributed by atoms with Crippen molar-refractivity contribution in [2.75, 3.05) is 6.61 Å². The average Bonchev–Trinajstić information content (AvgIpc) is 2.74. The molecular formula is C23H19BrN2O2. The Morgan fingerprint density at radius 1 is 1.11 bits per heavy atom. The van der Waals surface area contributed by atoms with Gasteiger partial charge in [0.25, 0.3) is 0 Å². The predicted octanol–water partition coefficient (Wildman–Crippen LogP) is 5.24. The van der Waals surface area contributed by atoms with Crippen LogP contribution in [0.2, 0.25) is 0 Å². The fourth-order valence-electron chi connectivity index (χ4n) is 3.90. The number of carbonyl (C=O) groups excluding carboxylic acids is 1. The monoisotopic (exact) mass is 434 g/mol. The number of nitrogens with zero attached hydrogens (tertiary/aromatic N) is 2. The molecule has 0 heterocycles. The zero-order valence-electron chi connectivity index (χ0n) is 15.4. The first-order chi connectivity index (χ1) is 13.6. The molecule has 0 bridgehead atoms. The van der Waals surface area contributed by atoms with Crippen LogP contribution in [0.5, 0.6) is 0 Å². The molecule has 140 valence electrons. The summed E-state index contributed by atoms with van der Waals surface area (Å²) in [5, 5.41) is 20.5. The molecule has 3 rings (SSSR count). The summed E-state index contributed by atoms with van der Waals surface area (Å²) >= 11 is 3.41. The van der Waals surface area contributed by atoms with Crippen LogP contribution >= 0.6 is 15.9 Å². The second kappa shape index (κ2) is 8.42. The highest BCUT2D eigenvalue weighted by molar-refractivity contribution is 9.10. The van der Waals surface area contributed by atoms with Crippen molar-refractivity contribution in [2.45, 2.75) is 25.2 Å². The van der Waals surface area contributed by atoms with Crippen LogP contribution in [0, 0.1) is 28.1 Å². The number of ether oxygens (including phenoxy) is 1. The maximum atomic E-state index is 12.7. The molecule has 1 aliphatic rings. The summed E-state index contributed by atoms with van der Waals surface area (Å²) in [7, 11) is 0. The van der Waals surface area contributed by atoms with E-state index < -0.39 is 17.3 Å². The standard InChI is InChI=1S/C23H19BrN2O2/c1-2-28-22(27)19-12-13-20(16-6-4-3-5-7-16)23(14-25,15-26)21(19)17-8-10-18(24)11-9-17/h3-12,20-21H,2,13H2,1H3. The zero-order valence-corrected chi connectivity index (χ0v) is 17.0. The van der Waals surface area contributed by atoms with Crippen molar-refractivity contribution in [3.8, 4) is 12.1 Å². The Hall–Kier alpha value is -2.89. The summed E-state index contributed by atoms with van der Waals surface area (Å²) in [6, 6.07) is 21.5. The van der Waals surface area contributed by atoms with Gasteiger partial charge in [0.15, 0.2) is 5.41 Å². The van der Waals surface area contributed by atoms with Gasteiger partial charge in [-0.15, -0.1) is 0 Å². The Bertz CT molecular complexity index is 954. The lowest BCUT2D eigenvalue weighted by Crippen LogP contribution is -2.39. The average molecular weight is 435 g/mol. The Morgan fingerprint density at radius 2 is 1.75 bits per heavy atom. The smallest absolute Gasteiger partial charge is 0.334 e. The number of hydrogen-bond acceptors (Lipinski definition) is 4. The van der Waals surface area contributed by atoms with Gasteiger partial charge >= 0.3 is 5.97 Å². The molecule has 2 atom stereocenters. The van der Waals surface area contributed by atoms with E-state index in [-0.39, 0.29) is 12.5 Å². The number of carbonyl (C=O) groups is 1. The van der Waals surface area contributed by atoms with E-state index in [1.165, 1.54) is 0 Å². The third-order valence-corrected chi connectivity index (χ3v) is 5.70. The summed E-state index contributed by atoms with van der Waals surface area (Å²) in [5.41, 5.74) is 0.601. The molecular weight excluding hydrogens is 416 g/mol. The molecule has 2 unspecified atom stereocenters. The number of allylic oxidation sites excluding steroid dienone is 1. The molecule has 28 heavy (non-hydrogen) atoms. The minimum absolute atomic E-state index is 0.234. The fraction of sp³-hybridized carbons (Fsp3) is 0.261. The molecule has 0 saturated carbocycles. The molecule has 0 amide bonds. The van der Waals surface area contributed by atoms with E-state index in [4.69, 9.17) is 4.74 Å². The first-order valence-electron chi connectivity index (χ1n) is 9.07. The van der Waals surface area contributed by atoms with E-state index in [2.05, 4.69) is 28.1 Å². The van der Waals surface area contributed by atoms with Gasteiger partial charge in [-0.1, -0.05) is 64.5 Å². The van der Waals surface area contributed by atoms with Crippen LogP contribution in [0.25, 0.3) is 0 Å². The number of esters is 1. The van der Waals surface area contributed by atoms with E-state index in [9.17, 15) is 15.3 Å². The maximum Gasteiger partial charge on any atom is 0.334 e. The van der Waals surface area contributed by atoms with E-state index in [0.29, 0.717) is 12.0 Å². The van der Waals surface area contributed by atoms with Crippen LogP contribution < -0.4 is 0 Å². The van der Waals surface area contributed by atoms with Crippen LogP contribution in [-0.2, 0) is 9.53 Å². The fourth-order valence-corrected chi connectivity index (χ4v) is 4.17. The summed E-state index contributed by atoms with van der Waals surface area (Å²) in [6.45, 7) is 1.97. The van der Waals surface area contributed by atoms with E-state index in [0.717, 1.165) is 15.6 Å². The molecule has 0 aliphatic heterocycles. The highest BCUT2D eigenvalue weighted by Crippen LogP contribution is 2.54. The van der Waals surface area contributed by atoms with Gasteiger partial charge in [0.05, 0.1) is 18.7 Å². The Labute approximate surface area is 173 Å². The minimum Gasteiger partial charge on any atom is -0.463 e. The SMILES string of the molecule is CCOC(=O)C1=CCC(c2ccccc2)C(C#N)(C#N)C1c1ccc(Br)cc1. The third kappa shape index (κ3) is 3.46. The highest BCUT2D eigenvalue weighted by atomic mass is 79.9. The van der Waals surface area contributed by atoms with Gasteiger partial charge in [0.1, 0.15) is 0 Å². The molecule has 2 aromatic rings. The largest absolute Gasteiger partial charge is 0.463 e. The van der Waals surface area contributed by atoms with Crippen LogP contribution in [0.3, 0.4) is 0 Å². The summed E-state index contributed by atoms with van der Waals surface area (Å²) < 4.78 is 6.13. The van der Waals surface area contributed by atoms with Gasteiger partial charge < -0.3 is 4.74 Å². The highest BCUT2D eigenvalue weighted by Gasteiger charge is 2.53. The first-order valence-corrected chi connectivity index (χ1v) is 9.86. The maximum absolute atomic E-state index is 12.7. The van der Waals surface area contributed by atoms with Crippen molar-refractivity contribution in [2.24, 2.45) is 5.41 Å². The van der Waals surface area contributed by atoms with Crippen molar-refractivity contribution in [1.82, 2.24) is 0 Å². The second-order valence-electron chi connectivity index (χ2n) is 6.66. The van der Waals surface area contributed by atoms with Gasteiger partial charge in [-0.25, -0.2) is 4.79 Å². The lowest BCUT2D eigenvalue weighted by molar-refractivity contribution is -0.139. The first kappa shape index (κ1) is 19.9. The summed E-state index contributed by atoms with van der Waals surface area (Å²) in [6.07, 6.45) is 2.25. The van der Waals surface area contributed by atoms with Crippen LogP contribution in [-0.4, -0.2) is 12.6 Å². The van der Waals surface area contributed by atoms with E-state index in [1.807, 2.05) is 60.7 Å². The number of halogens is 1. The van der Waals surface area contributed by atoms with Crippen LogP contribution in [0.4, 0.5) is 0 Å². The van der Waals surface area contributed by atoms with Gasteiger partial charge in [-0.3, -0.25) is 0 Å². The predicted molar refractivity (Wildman–Crippen MR) is 109 cm³/mol. The third-order valence-electron chi connectivity index (χ3n) is 5.18. The van der Waals surface area contributed by atoms with Crippen molar-refractivity contribution in [1.29, 1.82) is 10.5 Å². The molecule has 0 N–H and O–H groups in total. The summed E-state index contributed by atoms with van der Waals surface area (Å²) in [4.78, 5) is 12.7. The lowest BCUT2D eigenvalue weighted by atomic mass is 9.58. The van der Waals surface area contributed by atoms with Crippen molar-refractivity contribution < 1.29 is 9.53 Å². The molecule has 2 aromatic carbocycles.